The van der Waals surface area contributed by atoms with Gasteiger partial charge in [0, 0.05) is 0 Å². The second-order valence-electron chi connectivity index (χ2n) is 5.90. The normalized spacial score (nSPS) is 10.9. The van der Waals surface area contributed by atoms with Crippen molar-refractivity contribution in [2.45, 2.75) is 27.2 Å². The van der Waals surface area contributed by atoms with Gasteiger partial charge in [-0.25, -0.2) is 0 Å². The van der Waals surface area contributed by atoms with E-state index in [0.717, 1.165) is 28.7 Å². The monoisotopic (exact) mass is 310 g/mol. The maximum Gasteiger partial charge on any atom is 0.157 e. The Morgan fingerprint density at radius 2 is 1.70 bits per heavy atom. The maximum absolute atomic E-state index is 9.85. The molecule has 0 aromatic heterocycles. The van der Waals surface area contributed by atoms with Gasteiger partial charge in [-0.2, -0.15) is 0 Å². The Morgan fingerprint density at radius 1 is 0.957 bits per heavy atom. The van der Waals surface area contributed by atoms with E-state index in [1.807, 2.05) is 19.1 Å². The van der Waals surface area contributed by atoms with Crippen molar-refractivity contribution in [3.05, 3.63) is 64.2 Å². The molecule has 2 aromatic carbocycles. The van der Waals surface area contributed by atoms with E-state index in [-0.39, 0.29) is 17.2 Å². The van der Waals surface area contributed by atoms with Gasteiger partial charge < -0.3 is 15.3 Å². The molecule has 0 fully saturated rings. The largest absolute Gasteiger partial charge is 0.508 e. The minimum absolute atomic E-state index is 0.139. The summed E-state index contributed by atoms with van der Waals surface area (Å²) in [6, 6.07) is 8.16. The number of phenolic OH excluding ortho intramolecular Hbond substituents is 3. The Bertz CT molecular complexity index is 767. The summed E-state index contributed by atoms with van der Waals surface area (Å²) in [5.41, 5.74) is 5.15. The van der Waals surface area contributed by atoms with E-state index >= 15 is 0 Å². The van der Waals surface area contributed by atoms with Crippen molar-refractivity contribution >= 4 is 12.2 Å². The van der Waals surface area contributed by atoms with Gasteiger partial charge in [-0.3, -0.25) is 0 Å². The van der Waals surface area contributed by atoms with Crippen LogP contribution in [0.4, 0.5) is 0 Å². The molecule has 0 aliphatic rings. The minimum atomic E-state index is -0.149. The van der Waals surface area contributed by atoms with Crippen LogP contribution in [-0.4, -0.2) is 15.3 Å². The highest BCUT2D eigenvalue weighted by molar-refractivity contribution is 5.73. The highest BCUT2D eigenvalue weighted by Gasteiger charge is 2.05. The van der Waals surface area contributed by atoms with Gasteiger partial charge in [-0.05, 0) is 73.7 Å². The van der Waals surface area contributed by atoms with Gasteiger partial charge in [0.05, 0.1) is 0 Å². The SMILES string of the molecule is CC(C)=CCc1c(C)cc(O)cc1/C=C/c1ccc(O)c(O)c1. The molecule has 0 aliphatic heterocycles. The Kier molecular flexibility index (Phi) is 5.12. The molecule has 2 aromatic rings. The highest BCUT2D eigenvalue weighted by Crippen LogP contribution is 2.27. The number of rotatable bonds is 4. The van der Waals surface area contributed by atoms with Crippen molar-refractivity contribution in [3.63, 3.8) is 0 Å². The van der Waals surface area contributed by atoms with Crippen molar-refractivity contribution in [2.75, 3.05) is 0 Å². The lowest BCUT2D eigenvalue weighted by atomic mass is 9.96. The summed E-state index contributed by atoms with van der Waals surface area (Å²) in [6.07, 6.45) is 6.71. The number of allylic oxidation sites excluding steroid dienone is 2. The van der Waals surface area contributed by atoms with Gasteiger partial charge in [0.25, 0.3) is 0 Å². The topological polar surface area (TPSA) is 60.7 Å². The number of hydrogen-bond donors (Lipinski definition) is 3. The lowest BCUT2D eigenvalue weighted by Crippen LogP contribution is -1.92. The summed E-state index contributed by atoms with van der Waals surface area (Å²) in [4.78, 5) is 0. The van der Waals surface area contributed by atoms with Crippen LogP contribution in [0.5, 0.6) is 17.2 Å². The minimum Gasteiger partial charge on any atom is -0.508 e. The molecule has 3 N–H and O–H groups in total. The van der Waals surface area contributed by atoms with Gasteiger partial charge in [0.1, 0.15) is 5.75 Å². The fraction of sp³-hybridized carbons (Fsp3) is 0.200. The van der Waals surface area contributed by atoms with E-state index in [1.165, 1.54) is 17.7 Å². The fourth-order valence-electron chi connectivity index (χ4n) is 2.39. The molecule has 0 saturated heterocycles. The van der Waals surface area contributed by atoms with Crippen LogP contribution < -0.4 is 0 Å². The number of phenols is 3. The van der Waals surface area contributed by atoms with E-state index in [1.54, 1.807) is 18.2 Å². The Hall–Kier alpha value is -2.68. The third-order valence-corrected chi connectivity index (χ3v) is 3.66. The standard InChI is InChI=1S/C20H22O3/c1-13(2)4-8-18-14(3)10-17(21)12-16(18)7-5-15-6-9-19(22)20(23)11-15/h4-7,9-12,21-23H,8H2,1-3H3/b7-5+. The first-order chi connectivity index (χ1) is 10.9. The van der Waals surface area contributed by atoms with Crippen LogP contribution >= 0.6 is 0 Å². The molecule has 0 amide bonds. The molecular weight excluding hydrogens is 288 g/mol. The summed E-state index contributed by atoms with van der Waals surface area (Å²) in [5, 5.41) is 28.8. The third-order valence-electron chi connectivity index (χ3n) is 3.66. The number of hydrogen-bond acceptors (Lipinski definition) is 3. The number of aryl methyl sites for hydroxylation is 1. The first kappa shape index (κ1) is 16.7. The van der Waals surface area contributed by atoms with Crippen LogP contribution in [0.1, 0.15) is 36.1 Å². The van der Waals surface area contributed by atoms with Crippen LogP contribution in [-0.2, 0) is 6.42 Å². The molecule has 0 spiro atoms. The zero-order valence-electron chi connectivity index (χ0n) is 13.7. The van der Waals surface area contributed by atoms with Crippen LogP contribution in [0.2, 0.25) is 0 Å². The lowest BCUT2D eigenvalue weighted by molar-refractivity contribution is 0.403. The molecule has 23 heavy (non-hydrogen) atoms. The zero-order chi connectivity index (χ0) is 17.0. The van der Waals surface area contributed by atoms with Crippen LogP contribution in [0, 0.1) is 6.92 Å². The Morgan fingerprint density at radius 3 is 2.35 bits per heavy atom. The van der Waals surface area contributed by atoms with Gasteiger partial charge in [0.2, 0.25) is 0 Å². The maximum atomic E-state index is 9.85. The van der Waals surface area contributed by atoms with E-state index in [2.05, 4.69) is 19.9 Å². The molecule has 3 heteroatoms. The van der Waals surface area contributed by atoms with Gasteiger partial charge in [0.15, 0.2) is 11.5 Å². The lowest BCUT2D eigenvalue weighted by Gasteiger charge is -2.10. The van der Waals surface area contributed by atoms with Crippen molar-refractivity contribution < 1.29 is 15.3 Å². The van der Waals surface area contributed by atoms with Gasteiger partial charge in [-0.15, -0.1) is 0 Å². The number of aromatic hydroxyl groups is 3. The van der Waals surface area contributed by atoms with Gasteiger partial charge in [-0.1, -0.05) is 29.9 Å². The van der Waals surface area contributed by atoms with Crippen molar-refractivity contribution in [2.24, 2.45) is 0 Å². The van der Waals surface area contributed by atoms with E-state index in [4.69, 9.17) is 0 Å². The van der Waals surface area contributed by atoms with Crippen molar-refractivity contribution in [1.29, 1.82) is 0 Å². The molecule has 0 heterocycles. The highest BCUT2D eigenvalue weighted by atomic mass is 16.3. The van der Waals surface area contributed by atoms with E-state index in [0.29, 0.717) is 0 Å². The molecule has 3 nitrogen and oxygen atoms in total. The third kappa shape index (κ3) is 4.39. The van der Waals surface area contributed by atoms with Crippen LogP contribution in [0.25, 0.3) is 12.2 Å². The summed E-state index contributed by atoms with van der Waals surface area (Å²) in [6.45, 7) is 6.10. The molecule has 0 unspecified atom stereocenters. The van der Waals surface area contributed by atoms with Crippen molar-refractivity contribution in [1.82, 2.24) is 0 Å². The molecule has 0 aliphatic carbocycles. The first-order valence-corrected chi connectivity index (χ1v) is 7.52. The van der Waals surface area contributed by atoms with Gasteiger partial charge >= 0.3 is 0 Å². The molecule has 0 saturated carbocycles. The molecule has 0 bridgehead atoms. The molecule has 2 rings (SSSR count). The average Bonchev–Trinajstić information content (AvgIpc) is 2.47. The van der Waals surface area contributed by atoms with E-state index in [9.17, 15) is 15.3 Å². The summed E-state index contributed by atoms with van der Waals surface area (Å²) < 4.78 is 0. The first-order valence-electron chi connectivity index (χ1n) is 7.52. The molecule has 0 atom stereocenters. The average molecular weight is 310 g/mol. The summed E-state index contributed by atoms with van der Waals surface area (Å²) in [7, 11) is 0. The summed E-state index contributed by atoms with van der Waals surface area (Å²) in [5.74, 6) is -0.0553. The molecular formula is C20H22O3. The fourth-order valence-corrected chi connectivity index (χ4v) is 2.39. The van der Waals surface area contributed by atoms with E-state index < -0.39 is 0 Å². The second kappa shape index (κ2) is 7.05. The predicted molar refractivity (Wildman–Crippen MR) is 94.7 cm³/mol. The van der Waals surface area contributed by atoms with Crippen molar-refractivity contribution in [3.8, 4) is 17.2 Å². The smallest absolute Gasteiger partial charge is 0.157 e. The predicted octanol–water partition coefficient (Wildman–Crippen LogP) is 4.79. The zero-order valence-corrected chi connectivity index (χ0v) is 13.7. The Balaban J connectivity index is 2.39. The molecule has 120 valence electrons. The quantitative estimate of drug-likeness (QED) is 0.432. The summed E-state index contributed by atoms with van der Waals surface area (Å²) >= 11 is 0. The molecule has 0 radical (unpaired) electrons. The Labute approximate surface area is 136 Å². The second-order valence-corrected chi connectivity index (χ2v) is 5.90. The van der Waals surface area contributed by atoms with Crippen LogP contribution in [0.15, 0.2) is 42.0 Å². The number of benzene rings is 2. The van der Waals surface area contributed by atoms with Crippen LogP contribution in [0.3, 0.4) is 0 Å².